The van der Waals surface area contributed by atoms with Crippen LogP contribution < -0.4 is 16.0 Å². The first kappa shape index (κ1) is 36.6. The van der Waals surface area contributed by atoms with Crippen molar-refractivity contribution in [3.8, 4) is 0 Å². The smallest absolute Gasteiger partial charge is 0.270 e. The zero-order chi connectivity index (χ0) is 35.3. The van der Waals surface area contributed by atoms with E-state index in [1.807, 2.05) is 27.8 Å². The van der Waals surface area contributed by atoms with Crippen molar-refractivity contribution < 1.29 is 28.3 Å². The summed E-state index contributed by atoms with van der Waals surface area (Å²) in [6, 6.07) is 4.63. The number of nitrogens with zero attached hydrogens (tertiary/aromatic N) is 4. The van der Waals surface area contributed by atoms with Gasteiger partial charge in [-0.25, -0.2) is 4.39 Å². The van der Waals surface area contributed by atoms with Crippen LogP contribution in [0.2, 0.25) is 0 Å². The molecule has 1 aliphatic heterocycles. The Labute approximate surface area is 288 Å². The van der Waals surface area contributed by atoms with E-state index in [0.717, 1.165) is 45.1 Å². The molecular weight excluding hydrogens is 629 g/mol. The van der Waals surface area contributed by atoms with E-state index < -0.39 is 35.3 Å². The van der Waals surface area contributed by atoms with Crippen LogP contribution in [0, 0.1) is 23.6 Å². The van der Waals surface area contributed by atoms with Gasteiger partial charge in [-0.15, -0.1) is 0 Å². The number of nitrogens with one attached hydrogen (secondary N) is 3. The molecule has 3 fully saturated rings. The molecule has 1 aromatic carbocycles. The summed E-state index contributed by atoms with van der Waals surface area (Å²) in [4.78, 5) is 57.1. The Morgan fingerprint density at radius 1 is 1.06 bits per heavy atom. The normalized spacial score (nSPS) is 19.9. The fraction of sp³-hybridized carbons (Fsp3) is 0.639. The number of anilines is 1. The Hall–Kier alpha value is -3.68. The van der Waals surface area contributed by atoms with Gasteiger partial charge in [0.05, 0.1) is 11.7 Å². The number of ether oxygens (including phenoxy) is 1. The Morgan fingerprint density at radius 3 is 2.29 bits per heavy atom. The van der Waals surface area contributed by atoms with Crippen LogP contribution in [-0.2, 0) is 25.7 Å². The summed E-state index contributed by atoms with van der Waals surface area (Å²) >= 11 is 0. The van der Waals surface area contributed by atoms with Crippen LogP contribution in [0.25, 0.3) is 0 Å². The van der Waals surface area contributed by atoms with Gasteiger partial charge in [0.25, 0.3) is 5.91 Å². The lowest BCUT2D eigenvalue weighted by Gasteiger charge is -2.37. The predicted octanol–water partition coefficient (Wildman–Crippen LogP) is 3.05. The number of hydrogen-bond acceptors (Lipinski definition) is 8. The second-order valence-corrected chi connectivity index (χ2v) is 14.0. The molecule has 2 saturated carbocycles. The monoisotopic (exact) mass is 681 g/mol. The van der Waals surface area contributed by atoms with Crippen LogP contribution in [0.5, 0.6) is 0 Å². The molecule has 268 valence electrons. The van der Waals surface area contributed by atoms with Crippen molar-refractivity contribution in [3.05, 3.63) is 47.5 Å². The van der Waals surface area contributed by atoms with Crippen molar-refractivity contribution in [2.45, 2.75) is 83.0 Å². The third-order valence-electron chi connectivity index (χ3n) is 10.7. The van der Waals surface area contributed by atoms with Crippen molar-refractivity contribution >= 4 is 29.7 Å². The number of likely N-dealkylation sites (N-methyl/N-ethyl adjacent to an activating group) is 1. The molecule has 12 nitrogen and oxygen atoms in total. The highest BCUT2D eigenvalue weighted by Gasteiger charge is 2.48. The second-order valence-electron chi connectivity index (χ2n) is 14.0. The van der Waals surface area contributed by atoms with Gasteiger partial charge in [0, 0.05) is 58.5 Å². The van der Waals surface area contributed by atoms with Gasteiger partial charge >= 0.3 is 0 Å². The molecule has 0 bridgehead atoms. The lowest BCUT2D eigenvalue weighted by Crippen LogP contribution is -2.57. The molecule has 4 atom stereocenters. The first-order valence-corrected chi connectivity index (χ1v) is 17.7. The molecule has 2 aliphatic carbocycles. The molecule has 1 saturated heterocycles. The van der Waals surface area contributed by atoms with Crippen molar-refractivity contribution in [1.29, 1.82) is 0 Å². The highest BCUT2D eigenvalue weighted by atomic mass is 19.1. The first-order chi connectivity index (χ1) is 23.5. The molecule has 1 aromatic heterocycles. The zero-order valence-corrected chi connectivity index (χ0v) is 29.4. The van der Waals surface area contributed by atoms with E-state index in [2.05, 4.69) is 25.9 Å². The standard InChI is InChI=1S/C36H52FN7O5/c1-6-36(22-45,49-5)21-38-31(35(48)43-18-16-42(4)17-19-43)23(3)26-12-13-28(27(37)20-26)40-34(47)32(30(24-8-9-24)25-10-11-25)41-33(46)29-14-15-39-44(29)7-2/h12-15,20,22-25,30-32,38H,6-11,16-19,21H2,1-5H3,(H,40,47)(H,41,46)/t23-,31+,32-,36-/m0/s1. The van der Waals surface area contributed by atoms with Gasteiger partial charge in [0.2, 0.25) is 11.8 Å². The average molecular weight is 682 g/mol. The molecule has 0 spiro atoms. The minimum atomic E-state index is -1.10. The Bertz CT molecular complexity index is 1470. The van der Waals surface area contributed by atoms with Crippen LogP contribution in [0.1, 0.15) is 74.8 Å². The van der Waals surface area contributed by atoms with E-state index in [1.165, 1.54) is 19.2 Å². The molecule has 3 aliphatic rings. The number of aromatic nitrogens is 2. The van der Waals surface area contributed by atoms with Crippen molar-refractivity contribution in [2.75, 3.05) is 52.2 Å². The molecular formula is C36H52FN7O5. The lowest BCUT2D eigenvalue weighted by atomic mass is 9.88. The molecule has 13 heteroatoms. The van der Waals surface area contributed by atoms with Gasteiger partial charge in [-0.2, -0.15) is 5.10 Å². The maximum atomic E-state index is 15.9. The van der Waals surface area contributed by atoms with E-state index >= 15 is 4.39 Å². The van der Waals surface area contributed by atoms with Gasteiger partial charge in [0.1, 0.15) is 23.2 Å². The summed E-state index contributed by atoms with van der Waals surface area (Å²) in [6.45, 7) is 8.83. The fourth-order valence-electron chi connectivity index (χ4n) is 7.04. The van der Waals surface area contributed by atoms with Crippen LogP contribution in [0.3, 0.4) is 0 Å². The van der Waals surface area contributed by atoms with E-state index in [1.54, 1.807) is 27.9 Å². The molecule has 5 rings (SSSR count). The maximum absolute atomic E-state index is 15.9. The highest BCUT2D eigenvalue weighted by Crippen LogP contribution is 2.51. The number of amides is 3. The molecule has 0 radical (unpaired) electrons. The first-order valence-electron chi connectivity index (χ1n) is 17.7. The Morgan fingerprint density at radius 2 is 1.73 bits per heavy atom. The summed E-state index contributed by atoms with van der Waals surface area (Å²) in [6.07, 6.45) is 6.76. The third kappa shape index (κ3) is 8.56. The maximum Gasteiger partial charge on any atom is 0.270 e. The molecule has 0 unspecified atom stereocenters. The molecule has 2 aromatic rings. The number of carbonyl (C=O) groups is 4. The number of carbonyl (C=O) groups excluding carboxylic acids is 4. The number of piperazine rings is 1. The third-order valence-corrected chi connectivity index (χ3v) is 10.7. The Balaban J connectivity index is 1.35. The van der Waals surface area contributed by atoms with E-state index in [0.29, 0.717) is 49.1 Å². The second kappa shape index (κ2) is 15.9. The SMILES string of the molecule is CCn1nccc1C(=O)N[C@H](C(=O)Nc1ccc([C@H](C)[C@@H](NC[C@](C=O)(CC)OC)C(=O)N2CCN(C)CC2)cc1F)C(C1CC1)C1CC1. The summed E-state index contributed by atoms with van der Waals surface area (Å²) in [5, 5.41) is 13.2. The van der Waals surface area contributed by atoms with Gasteiger partial charge in [0.15, 0.2) is 6.29 Å². The quantitative estimate of drug-likeness (QED) is 0.217. The number of hydrogen-bond donors (Lipinski definition) is 3. The molecule has 49 heavy (non-hydrogen) atoms. The van der Waals surface area contributed by atoms with Crippen LogP contribution in [-0.4, -0.2) is 108 Å². The topological polar surface area (TPSA) is 138 Å². The number of aryl methyl sites for hydroxylation is 1. The summed E-state index contributed by atoms with van der Waals surface area (Å²) < 4.78 is 23.0. The number of rotatable bonds is 17. The highest BCUT2D eigenvalue weighted by molar-refractivity contribution is 6.01. The van der Waals surface area contributed by atoms with Gasteiger partial charge in [-0.05, 0) is 87.6 Å². The lowest BCUT2D eigenvalue weighted by molar-refractivity contribution is -0.137. The average Bonchev–Trinajstić information content (AvgIpc) is 4.06. The number of halogens is 1. The van der Waals surface area contributed by atoms with Crippen LogP contribution in [0.4, 0.5) is 10.1 Å². The van der Waals surface area contributed by atoms with Crippen molar-refractivity contribution in [3.63, 3.8) is 0 Å². The van der Waals surface area contributed by atoms with Crippen molar-refractivity contribution in [2.24, 2.45) is 17.8 Å². The van der Waals surface area contributed by atoms with Crippen molar-refractivity contribution in [1.82, 2.24) is 30.2 Å². The summed E-state index contributed by atoms with van der Waals surface area (Å²) in [5.41, 5.74) is -0.156. The summed E-state index contributed by atoms with van der Waals surface area (Å²) in [7, 11) is 3.48. The molecule has 2 heterocycles. The van der Waals surface area contributed by atoms with E-state index in [-0.39, 0.29) is 30.0 Å². The van der Waals surface area contributed by atoms with Crippen LogP contribution in [0.15, 0.2) is 30.5 Å². The number of aldehydes is 1. The largest absolute Gasteiger partial charge is 0.369 e. The zero-order valence-electron chi connectivity index (χ0n) is 29.4. The minimum Gasteiger partial charge on any atom is -0.369 e. The minimum absolute atomic E-state index is 0.00406. The van der Waals surface area contributed by atoms with Crippen LogP contribution >= 0.6 is 0 Å². The van der Waals surface area contributed by atoms with E-state index in [4.69, 9.17) is 4.74 Å². The van der Waals surface area contributed by atoms with Gasteiger partial charge < -0.3 is 35.3 Å². The fourth-order valence-corrected chi connectivity index (χ4v) is 7.04. The number of benzene rings is 1. The van der Waals surface area contributed by atoms with Gasteiger partial charge in [-0.1, -0.05) is 19.9 Å². The van der Waals surface area contributed by atoms with E-state index in [9.17, 15) is 19.2 Å². The summed E-state index contributed by atoms with van der Waals surface area (Å²) in [5.74, 6) is -1.40. The molecule has 3 N–H and O–H groups in total. The predicted molar refractivity (Wildman–Crippen MR) is 184 cm³/mol. The molecule has 3 amide bonds. The van der Waals surface area contributed by atoms with Gasteiger partial charge in [-0.3, -0.25) is 19.1 Å². The number of methoxy groups -OCH3 is 1. The Kier molecular flexibility index (Phi) is 11.9.